The van der Waals surface area contributed by atoms with Crippen molar-refractivity contribution in [2.24, 2.45) is 30.2 Å². The third-order valence-corrected chi connectivity index (χ3v) is 9.00. The van der Waals surface area contributed by atoms with Gasteiger partial charge in [-0.2, -0.15) is 10.2 Å². The van der Waals surface area contributed by atoms with Gasteiger partial charge in [0.05, 0.1) is 23.8 Å². The Morgan fingerprint density at radius 1 is 0.475 bits per heavy atom. The van der Waals surface area contributed by atoms with Crippen molar-refractivity contribution in [2.75, 3.05) is 0 Å². The van der Waals surface area contributed by atoms with Gasteiger partial charge in [-0.05, 0) is 100 Å². The van der Waals surface area contributed by atoms with Crippen LogP contribution in [0.3, 0.4) is 0 Å². The van der Waals surface area contributed by atoms with E-state index in [9.17, 15) is 9.59 Å². The first-order chi connectivity index (χ1) is 29.0. The molecule has 8 rings (SSSR count). The number of hydrogen-bond donors (Lipinski definition) is 0. The number of rotatable bonds is 11. The van der Waals surface area contributed by atoms with Crippen LogP contribution in [0.15, 0.2) is 211 Å². The molecule has 0 fully saturated rings. The summed E-state index contributed by atoms with van der Waals surface area (Å²) < 4.78 is 10.8. The van der Waals surface area contributed by atoms with Gasteiger partial charge in [0, 0.05) is 23.6 Å². The molecule has 2 heterocycles. The van der Waals surface area contributed by atoms with Crippen LogP contribution in [0, 0.1) is 0 Å². The summed E-state index contributed by atoms with van der Waals surface area (Å²) >= 11 is 0. The minimum atomic E-state index is -0.476. The Bertz CT molecular complexity index is 2710. The zero-order chi connectivity index (χ0) is 40.2. The van der Waals surface area contributed by atoms with Crippen LogP contribution in [0.1, 0.15) is 45.4 Å². The lowest BCUT2D eigenvalue weighted by atomic mass is 10.1. The molecule has 3 aliphatic rings. The molecule has 0 atom stereocenters. The lowest BCUT2D eigenvalue weighted by Gasteiger charge is -2.00. The van der Waals surface area contributed by atoms with Crippen molar-refractivity contribution in [3.8, 4) is 0 Å². The molecule has 10 nitrogen and oxygen atoms in total. The number of cyclic esters (lactones) is 2. The monoisotopic (exact) mass is 770 g/mol. The highest BCUT2D eigenvalue weighted by molar-refractivity contribution is 6.13. The summed E-state index contributed by atoms with van der Waals surface area (Å²) in [4.78, 5) is 42.7. The molecule has 0 radical (unpaired) electrons. The number of carbonyl (C=O) groups excluding carboxylic acids is 2. The number of carbonyl (C=O) groups is 2. The highest BCUT2D eigenvalue weighted by Gasteiger charge is 2.25. The topological polar surface area (TPSA) is 127 Å². The number of esters is 2. The van der Waals surface area contributed by atoms with Crippen molar-refractivity contribution in [1.82, 2.24) is 0 Å². The zero-order valence-electron chi connectivity index (χ0n) is 31.5. The molecule has 0 saturated heterocycles. The first-order valence-corrected chi connectivity index (χ1v) is 18.7. The van der Waals surface area contributed by atoms with Crippen LogP contribution in [-0.4, -0.2) is 48.6 Å². The van der Waals surface area contributed by atoms with E-state index in [1.807, 2.05) is 158 Å². The second kappa shape index (κ2) is 18.1. The van der Waals surface area contributed by atoms with Crippen molar-refractivity contribution < 1.29 is 19.1 Å². The molecule has 0 spiro atoms. The SMILES string of the molecule is O=C1OC(c2ccc(N=Cc3ccc(/C=N/N=C/c4ccc(C=Nc5ccc(C6=N/C(=C\c7ccccc7)C(=O)O6)cc5)cc4)cc3)cc2)=N/C1=C\C1=CC=CC=CC1. The van der Waals surface area contributed by atoms with E-state index in [-0.39, 0.29) is 23.2 Å². The normalized spacial score (nSPS) is 16.7. The molecule has 59 heavy (non-hydrogen) atoms. The first kappa shape index (κ1) is 37.7. The average molecular weight is 771 g/mol. The Kier molecular flexibility index (Phi) is 11.6. The molecule has 5 aromatic rings. The Hall–Kier alpha value is -8.24. The molecule has 284 valence electrons. The molecular formula is C49H34N6O4. The summed E-state index contributed by atoms with van der Waals surface area (Å²) in [5, 5.41) is 8.39. The molecule has 0 aromatic heterocycles. The minimum Gasteiger partial charge on any atom is -0.402 e. The molecule has 0 saturated carbocycles. The van der Waals surface area contributed by atoms with Crippen LogP contribution in [0.2, 0.25) is 0 Å². The highest BCUT2D eigenvalue weighted by atomic mass is 16.6. The maximum absolute atomic E-state index is 12.4. The second-order valence-electron chi connectivity index (χ2n) is 13.3. The van der Waals surface area contributed by atoms with Gasteiger partial charge in [-0.25, -0.2) is 19.6 Å². The molecule has 1 aliphatic carbocycles. The Morgan fingerprint density at radius 2 is 0.949 bits per heavy atom. The summed E-state index contributed by atoms with van der Waals surface area (Å²) in [5.74, 6) is -0.396. The van der Waals surface area contributed by atoms with Gasteiger partial charge in [0.1, 0.15) is 0 Å². The molecule has 0 N–H and O–H groups in total. The second-order valence-corrected chi connectivity index (χ2v) is 13.3. The van der Waals surface area contributed by atoms with Crippen molar-refractivity contribution in [3.63, 3.8) is 0 Å². The summed E-state index contributed by atoms with van der Waals surface area (Å²) in [5.41, 5.74) is 8.93. The van der Waals surface area contributed by atoms with Crippen LogP contribution in [-0.2, 0) is 19.1 Å². The maximum Gasteiger partial charge on any atom is 0.363 e. The van der Waals surface area contributed by atoms with Crippen molar-refractivity contribution >= 4 is 66.0 Å². The smallest absolute Gasteiger partial charge is 0.363 e. The van der Waals surface area contributed by atoms with Gasteiger partial charge in [-0.3, -0.25) is 9.98 Å². The van der Waals surface area contributed by atoms with Crippen LogP contribution >= 0.6 is 0 Å². The van der Waals surface area contributed by atoms with Gasteiger partial charge in [0.15, 0.2) is 11.4 Å². The van der Waals surface area contributed by atoms with E-state index < -0.39 is 11.9 Å². The van der Waals surface area contributed by atoms with Crippen molar-refractivity contribution in [3.05, 3.63) is 220 Å². The van der Waals surface area contributed by atoms with Gasteiger partial charge in [0.25, 0.3) is 0 Å². The molecule has 0 amide bonds. The fraction of sp³-hybridized carbons (Fsp3) is 0.0204. The number of benzene rings is 5. The average Bonchev–Trinajstić information content (AvgIpc) is 3.71. The van der Waals surface area contributed by atoms with Gasteiger partial charge in [0.2, 0.25) is 11.8 Å². The Morgan fingerprint density at radius 3 is 1.46 bits per heavy atom. The minimum absolute atomic E-state index is 0.262. The summed E-state index contributed by atoms with van der Waals surface area (Å²) in [7, 11) is 0. The Balaban J connectivity index is 0.800. The summed E-state index contributed by atoms with van der Waals surface area (Å²) in [6, 6.07) is 39.8. The lowest BCUT2D eigenvalue weighted by Crippen LogP contribution is -2.05. The number of aliphatic imine (C=N–C) groups is 4. The van der Waals surface area contributed by atoms with E-state index in [1.54, 1.807) is 37.0 Å². The number of nitrogens with zero attached hydrogens (tertiary/aromatic N) is 6. The van der Waals surface area contributed by atoms with Crippen LogP contribution in [0.25, 0.3) is 6.08 Å². The van der Waals surface area contributed by atoms with E-state index >= 15 is 0 Å². The Labute approximate surface area is 340 Å². The largest absolute Gasteiger partial charge is 0.402 e. The van der Waals surface area contributed by atoms with Crippen LogP contribution in [0.5, 0.6) is 0 Å². The van der Waals surface area contributed by atoms with E-state index in [4.69, 9.17) is 9.47 Å². The van der Waals surface area contributed by atoms with E-state index in [2.05, 4.69) is 30.2 Å². The van der Waals surface area contributed by atoms with Gasteiger partial charge in [-0.1, -0.05) is 109 Å². The molecule has 0 unspecified atom stereocenters. The standard InChI is InChI=1S/C49H34N6O4/c56-48-44(28-34-8-4-1-2-5-9-34)54-46(58-48)40-20-24-42(25-21-40)50-30-36-12-16-38(17-13-36)32-52-53-33-39-18-14-37(15-19-39)31-51-43-26-22-41(23-27-43)47-55-45(49(57)59-47)29-35-10-6-3-7-11-35/h1-8,10-33H,9H2/b44-28-,45-29-,50-30?,51-31?,52-32+,53-33+. The third kappa shape index (κ3) is 10.1. The van der Waals surface area contributed by atoms with Gasteiger partial charge < -0.3 is 9.47 Å². The predicted octanol–water partition coefficient (Wildman–Crippen LogP) is 9.62. The van der Waals surface area contributed by atoms with E-state index in [0.29, 0.717) is 11.1 Å². The lowest BCUT2D eigenvalue weighted by molar-refractivity contribution is -0.130. The quantitative estimate of drug-likeness (QED) is 0.0574. The molecule has 2 aliphatic heterocycles. The van der Waals surface area contributed by atoms with Crippen LogP contribution < -0.4 is 0 Å². The number of allylic oxidation sites excluding steroid dienone is 7. The maximum atomic E-state index is 12.4. The summed E-state index contributed by atoms with van der Waals surface area (Å²) in [6.07, 6.45) is 20.9. The molecule has 5 aromatic carbocycles. The molecule has 0 bridgehead atoms. The zero-order valence-corrected chi connectivity index (χ0v) is 31.5. The molecular weight excluding hydrogens is 737 g/mol. The fourth-order valence-corrected chi connectivity index (χ4v) is 5.86. The van der Waals surface area contributed by atoms with Gasteiger partial charge in [-0.15, -0.1) is 0 Å². The van der Waals surface area contributed by atoms with E-state index in [0.717, 1.165) is 51.2 Å². The molecule has 10 heteroatoms. The van der Waals surface area contributed by atoms with Gasteiger partial charge >= 0.3 is 11.9 Å². The number of hydrogen-bond acceptors (Lipinski definition) is 10. The number of ether oxygens (including phenoxy) is 2. The van der Waals surface area contributed by atoms with Crippen molar-refractivity contribution in [1.29, 1.82) is 0 Å². The van der Waals surface area contributed by atoms with E-state index in [1.165, 1.54) is 0 Å². The third-order valence-electron chi connectivity index (χ3n) is 9.00. The van der Waals surface area contributed by atoms with Crippen LogP contribution in [0.4, 0.5) is 11.4 Å². The first-order valence-electron chi connectivity index (χ1n) is 18.7. The fourth-order valence-electron chi connectivity index (χ4n) is 5.86. The highest BCUT2D eigenvalue weighted by Crippen LogP contribution is 2.23. The predicted molar refractivity (Wildman–Crippen MR) is 234 cm³/mol. The van der Waals surface area contributed by atoms with Crippen molar-refractivity contribution in [2.45, 2.75) is 6.42 Å². The summed E-state index contributed by atoms with van der Waals surface area (Å²) in [6.45, 7) is 0.